The van der Waals surface area contributed by atoms with E-state index in [1.54, 1.807) is 30.5 Å². The van der Waals surface area contributed by atoms with Crippen LogP contribution in [0.3, 0.4) is 0 Å². The number of anilines is 1. The fraction of sp³-hybridized carbons (Fsp3) is 0.217. The highest BCUT2D eigenvalue weighted by molar-refractivity contribution is 9.10. The topological polar surface area (TPSA) is 83.8 Å². The number of hydrazone groups is 1. The van der Waals surface area contributed by atoms with Crippen LogP contribution in [0, 0.1) is 20.8 Å². The summed E-state index contributed by atoms with van der Waals surface area (Å²) >= 11 is 3.44. The van der Waals surface area contributed by atoms with Crippen molar-refractivity contribution in [2.45, 2.75) is 20.8 Å². The van der Waals surface area contributed by atoms with E-state index in [9.17, 15) is 13.2 Å². The molecule has 0 atom stereocenters. The Morgan fingerprint density at radius 2 is 1.72 bits per heavy atom. The Morgan fingerprint density at radius 3 is 2.31 bits per heavy atom. The van der Waals surface area contributed by atoms with Crippen LogP contribution in [0.1, 0.15) is 22.5 Å². The van der Waals surface area contributed by atoms with Gasteiger partial charge in [0.05, 0.1) is 18.2 Å². The molecule has 0 saturated carbocycles. The summed E-state index contributed by atoms with van der Waals surface area (Å²) in [6.45, 7) is 5.51. The van der Waals surface area contributed by atoms with Crippen LogP contribution in [0.4, 0.5) is 5.69 Å². The van der Waals surface area contributed by atoms with Crippen molar-refractivity contribution in [3.63, 3.8) is 0 Å². The van der Waals surface area contributed by atoms with Crippen molar-refractivity contribution in [2.75, 3.05) is 17.1 Å². The Labute approximate surface area is 196 Å². The smallest absolute Gasteiger partial charge is 0.260 e. The summed E-state index contributed by atoms with van der Waals surface area (Å²) in [5, 5.41) is 4.04. The average Bonchev–Trinajstić information content (AvgIpc) is 3.00. The number of nitrogens with zero attached hydrogens (tertiary/aromatic N) is 3. The predicted octanol–water partition coefficient (Wildman–Crippen LogP) is 4.08. The molecule has 1 aromatic heterocycles. The summed E-state index contributed by atoms with van der Waals surface area (Å²) in [5.74, 6) is -0.533. The third-order valence-corrected chi connectivity index (χ3v) is 6.63. The van der Waals surface area contributed by atoms with Crippen molar-refractivity contribution >= 4 is 43.8 Å². The zero-order chi connectivity index (χ0) is 23.5. The lowest BCUT2D eigenvalue weighted by Gasteiger charge is -2.21. The van der Waals surface area contributed by atoms with E-state index >= 15 is 0 Å². The number of halogens is 1. The molecule has 0 aliphatic heterocycles. The van der Waals surface area contributed by atoms with Gasteiger partial charge in [-0.05, 0) is 63.2 Å². The van der Waals surface area contributed by atoms with Crippen LogP contribution >= 0.6 is 15.9 Å². The van der Waals surface area contributed by atoms with Gasteiger partial charge in [-0.15, -0.1) is 0 Å². The van der Waals surface area contributed by atoms with Crippen LogP contribution in [0.25, 0.3) is 5.69 Å². The van der Waals surface area contributed by atoms with Gasteiger partial charge in [-0.3, -0.25) is 9.10 Å². The number of aromatic nitrogens is 1. The Hall–Kier alpha value is -2.91. The van der Waals surface area contributed by atoms with Gasteiger partial charge in [-0.1, -0.05) is 33.6 Å². The van der Waals surface area contributed by atoms with Crippen molar-refractivity contribution in [3.8, 4) is 5.69 Å². The standard InChI is InChI=1S/C23H25BrN4O3S/c1-16-5-9-21(10-6-16)27(32(4,30)31)15-23(29)26-25-14-19-13-17(2)28(18(19)3)22-11-7-20(24)8-12-22/h5-14H,15H2,1-4H3,(H,26,29)/b25-14-. The number of carbonyl (C=O) groups excluding carboxylic acids is 1. The summed E-state index contributed by atoms with van der Waals surface area (Å²) < 4.78 is 28.5. The van der Waals surface area contributed by atoms with E-state index in [-0.39, 0.29) is 6.54 Å². The molecule has 1 heterocycles. The highest BCUT2D eigenvalue weighted by Crippen LogP contribution is 2.21. The number of hydrogen-bond donors (Lipinski definition) is 1. The zero-order valence-electron chi connectivity index (χ0n) is 18.3. The average molecular weight is 517 g/mol. The van der Waals surface area contributed by atoms with Gasteiger partial charge in [0.15, 0.2) is 0 Å². The van der Waals surface area contributed by atoms with E-state index < -0.39 is 15.9 Å². The van der Waals surface area contributed by atoms with E-state index in [0.29, 0.717) is 5.69 Å². The summed E-state index contributed by atoms with van der Waals surface area (Å²) in [5.41, 5.74) is 7.72. The number of carbonyl (C=O) groups is 1. The predicted molar refractivity (Wildman–Crippen MR) is 132 cm³/mol. The van der Waals surface area contributed by atoms with E-state index in [1.807, 2.05) is 51.1 Å². The van der Waals surface area contributed by atoms with Crippen molar-refractivity contribution in [1.82, 2.24) is 9.99 Å². The summed E-state index contributed by atoms with van der Waals surface area (Å²) in [6.07, 6.45) is 2.63. The molecule has 3 aromatic rings. The van der Waals surface area contributed by atoms with Crippen molar-refractivity contribution < 1.29 is 13.2 Å². The van der Waals surface area contributed by atoms with Gasteiger partial charge in [0, 0.05) is 27.1 Å². The van der Waals surface area contributed by atoms with Gasteiger partial charge < -0.3 is 4.57 Å². The summed E-state index contributed by atoms with van der Waals surface area (Å²) in [7, 11) is -3.63. The second kappa shape index (κ2) is 9.70. The van der Waals surface area contributed by atoms with Crippen molar-refractivity contribution in [3.05, 3.63) is 81.6 Å². The van der Waals surface area contributed by atoms with E-state index in [2.05, 4.69) is 31.0 Å². The molecule has 0 unspecified atom stereocenters. The lowest BCUT2D eigenvalue weighted by molar-refractivity contribution is -0.119. The molecule has 2 aromatic carbocycles. The first kappa shape index (κ1) is 23.7. The summed E-state index contributed by atoms with van der Waals surface area (Å²) in [6, 6.07) is 16.9. The quantitative estimate of drug-likeness (QED) is 0.379. The largest absolute Gasteiger partial charge is 0.318 e. The number of hydrogen-bond acceptors (Lipinski definition) is 4. The second-order valence-corrected chi connectivity index (χ2v) is 10.4. The normalized spacial score (nSPS) is 11.7. The first-order chi connectivity index (χ1) is 15.1. The lowest BCUT2D eigenvalue weighted by atomic mass is 10.2. The Balaban J connectivity index is 1.73. The third-order valence-electron chi connectivity index (χ3n) is 4.96. The minimum Gasteiger partial charge on any atom is -0.318 e. The molecule has 7 nitrogen and oxygen atoms in total. The van der Waals surface area contributed by atoms with E-state index in [4.69, 9.17) is 0 Å². The van der Waals surface area contributed by atoms with E-state index in [0.717, 1.165) is 43.2 Å². The number of sulfonamides is 1. The molecule has 0 radical (unpaired) electrons. The molecule has 0 aliphatic rings. The molecule has 1 amide bonds. The Bertz CT molecular complexity index is 1250. The first-order valence-corrected chi connectivity index (χ1v) is 12.5. The SMILES string of the molecule is Cc1ccc(N(CC(=O)N/N=C\c2cc(C)n(-c3ccc(Br)cc3)c2C)S(C)(=O)=O)cc1. The highest BCUT2D eigenvalue weighted by Gasteiger charge is 2.20. The Morgan fingerprint density at radius 1 is 1.09 bits per heavy atom. The minimum absolute atomic E-state index is 0.364. The van der Waals surface area contributed by atoms with Crippen molar-refractivity contribution in [1.29, 1.82) is 0 Å². The van der Waals surface area contributed by atoms with Crippen LogP contribution in [0.15, 0.2) is 64.2 Å². The fourth-order valence-electron chi connectivity index (χ4n) is 3.36. The van der Waals surface area contributed by atoms with Gasteiger partial charge >= 0.3 is 0 Å². The van der Waals surface area contributed by atoms with Crippen LogP contribution in [-0.2, 0) is 14.8 Å². The maximum Gasteiger partial charge on any atom is 0.260 e. The van der Waals surface area contributed by atoms with Gasteiger partial charge in [-0.25, -0.2) is 13.8 Å². The zero-order valence-corrected chi connectivity index (χ0v) is 20.7. The molecule has 0 spiro atoms. The van der Waals surface area contributed by atoms with Crippen LogP contribution in [0.5, 0.6) is 0 Å². The van der Waals surface area contributed by atoms with E-state index in [1.165, 1.54) is 0 Å². The first-order valence-electron chi connectivity index (χ1n) is 9.87. The lowest BCUT2D eigenvalue weighted by Crippen LogP contribution is -2.39. The maximum absolute atomic E-state index is 12.4. The highest BCUT2D eigenvalue weighted by atomic mass is 79.9. The Kier molecular flexibility index (Phi) is 7.20. The number of aryl methyl sites for hydroxylation is 2. The molecule has 1 N–H and O–H groups in total. The molecule has 3 rings (SSSR count). The minimum atomic E-state index is -3.63. The molecule has 32 heavy (non-hydrogen) atoms. The monoisotopic (exact) mass is 516 g/mol. The molecule has 0 fully saturated rings. The number of nitrogens with one attached hydrogen (secondary N) is 1. The maximum atomic E-state index is 12.4. The summed E-state index contributed by atoms with van der Waals surface area (Å²) in [4.78, 5) is 12.4. The number of amides is 1. The molecule has 9 heteroatoms. The molecule has 0 aliphatic carbocycles. The number of rotatable bonds is 7. The number of benzene rings is 2. The van der Waals surface area contributed by atoms with Gasteiger partial charge in [0.2, 0.25) is 10.0 Å². The molecule has 168 valence electrons. The molecular formula is C23H25BrN4O3S. The fourth-order valence-corrected chi connectivity index (χ4v) is 4.48. The van der Waals surface area contributed by atoms with Crippen LogP contribution in [0.2, 0.25) is 0 Å². The van der Waals surface area contributed by atoms with Crippen LogP contribution < -0.4 is 9.73 Å². The molecule has 0 saturated heterocycles. The van der Waals surface area contributed by atoms with Gasteiger partial charge in [0.25, 0.3) is 5.91 Å². The van der Waals surface area contributed by atoms with Crippen LogP contribution in [-0.4, -0.2) is 37.9 Å². The van der Waals surface area contributed by atoms with Gasteiger partial charge in [0.1, 0.15) is 6.54 Å². The second-order valence-electron chi connectivity index (χ2n) is 7.54. The van der Waals surface area contributed by atoms with Crippen molar-refractivity contribution in [2.24, 2.45) is 5.10 Å². The third kappa shape index (κ3) is 5.66. The van der Waals surface area contributed by atoms with Gasteiger partial charge in [-0.2, -0.15) is 5.10 Å². The molecule has 0 bridgehead atoms. The molecular weight excluding hydrogens is 492 g/mol.